The zero-order chi connectivity index (χ0) is 8.69. The molecule has 0 saturated carbocycles. The molecular formula is C5H13N5S. The maximum absolute atomic E-state index is 6.82. The third-order valence-electron chi connectivity index (χ3n) is 0.953. The van der Waals surface area contributed by atoms with Crippen LogP contribution in [0.15, 0.2) is 0 Å². The summed E-state index contributed by atoms with van der Waals surface area (Å²) in [6.45, 7) is 1.25. The summed E-state index contributed by atoms with van der Waals surface area (Å²) in [5, 5.41) is 15.7. The van der Waals surface area contributed by atoms with Crippen molar-refractivity contribution >= 4 is 23.3 Å². The third-order valence-corrected chi connectivity index (χ3v) is 1.30. The van der Waals surface area contributed by atoms with E-state index in [1.807, 2.05) is 0 Å². The molecule has 0 aromatic carbocycles. The molecule has 0 unspecified atom stereocenters. The minimum atomic E-state index is -0.0258. The Hall–Kier alpha value is -1.04. The highest BCUT2D eigenvalue weighted by molar-refractivity contribution is 7.80. The highest BCUT2D eigenvalue weighted by Crippen LogP contribution is 1.62. The van der Waals surface area contributed by atoms with E-state index in [4.69, 9.17) is 23.4 Å². The molecule has 0 aromatic rings. The van der Waals surface area contributed by atoms with Crippen LogP contribution in [0.25, 0.3) is 0 Å². The molecule has 0 amide bonds. The molecule has 5 nitrogen and oxygen atoms in total. The van der Waals surface area contributed by atoms with E-state index in [1.165, 1.54) is 0 Å². The second kappa shape index (κ2) is 5.72. The van der Waals surface area contributed by atoms with Crippen LogP contribution in [0.4, 0.5) is 0 Å². The first kappa shape index (κ1) is 9.96. The van der Waals surface area contributed by atoms with Crippen molar-refractivity contribution in [1.29, 1.82) is 5.41 Å². The van der Waals surface area contributed by atoms with Crippen LogP contribution in [-0.4, -0.2) is 31.2 Å². The van der Waals surface area contributed by atoms with Crippen molar-refractivity contribution in [3.8, 4) is 0 Å². The average molecular weight is 175 g/mol. The molecule has 64 valence electrons. The van der Waals surface area contributed by atoms with E-state index in [0.717, 1.165) is 0 Å². The van der Waals surface area contributed by atoms with Crippen LogP contribution in [0.1, 0.15) is 0 Å². The highest BCUT2D eigenvalue weighted by Gasteiger charge is 1.89. The largest absolute Gasteiger partial charge is 0.370 e. The molecule has 0 saturated heterocycles. The fourth-order valence-corrected chi connectivity index (χ4v) is 0.564. The van der Waals surface area contributed by atoms with E-state index < -0.39 is 0 Å². The Morgan fingerprint density at radius 2 is 2.00 bits per heavy atom. The fourth-order valence-electron chi connectivity index (χ4n) is 0.462. The second-order valence-corrected chi connectivity index (χ2v) is 2.25. The van der Waals surface area contributed by atoms with Gasteiger partial charge in [0.05, 0.1) is 0 Å². The molecule has 6 N–H and O–H groups in total. The summed E-state index contributed by atoms with van der Waals surface area (Å²) >= 11 is 4.80. The number of hydrogen-bond donors (Lipinski definition) is 5. The minimum Gasteiger partial charge on any atom is -0.370 e. The van der Waals surface area contributed by atoms with Crippen LogP contribution >= 0.6 is 12.2 Å². The second-order valence-electron chi connectivity index (χ2n) is 1.85. The lowest BCUT2D eigenvalue weighted by Crippen LogP contribution is -2.40. The van der Waals surface area contributed by atoms with Gasteiger partial charge in [0.2, 0.25) is 0 Å². The molecule has 0 atom stereocenters. The van der Waals surface area contributed by atoms with Crippen molar-refractivity contribution < 1.29 is 0 Å². The van der Waals surface area contributed by atoms with Gasteiger partial charge in [-0.25, -0.2) is 0 Å². The van der Waals surface area contributed by atoms with E-state index in [-0.39, 0.29) is 5.96 Å². The summed E-state index contributed by atoms with van der Waals surface area (Å²) in [4.78, 5) is 0. The van der Waals surface area contributed by atoms with Crippen molar-refractivity contribution in [2.24, 2.45) is 5.73 Å². The molecule has 0 bridgehead atoms. The van der Waals surface area contributed by atoms with Gasteiger partial charge in [-0.3, -0.25) is 5.41 Å². The molecule has 0 rings (SSSR count). The van der Waals surface area contributed by atoms with Crippen molar-refractivity contribution in [1.82, 2.24) is 16.0 Å². The van der Waals surface area contributed by atoms with Crippen LogP contribution in [-0.2, 0) is 0 Å². The summed E-state index contributed by atoms with van der Waals surface area (Å²) in [6, 6.07) is 0. The first-order valence-corrected chi connectivity index (χ1v) is 3.61. The van der Waals surface area contributed by atoms with Crippen molar-refractivity contribution in [2.45, 2.75) is 0 Å². The Morgan fingerprint density at radius 3 is 2.45 bits per heavy atom. The summed E-state index contributed by atoms with van der Waals surface area (Å²) < 4.78 is 0. The minimum absolute atomic E-state index is 0.0258. The zero-order valence-electron chi connectivity index (χ0n) is 6.40. The predicted molar refractivity (Wildman–Crippen MR) is 49.6 cm³/mol. The lowest BCUT2D eigenvalue weighted by atomic mass is 10.6. The SMILES string of the molecule is CNC(=S)NCCNC(=N)N. The summed E-state index contributed by atoms with van der Waals surface area (Å²) in [5.41, 5.74) is 5.04. The quantitative estimate of drug-likeness (QED) is 0.157. The molecule has 0 radical (unpaired) electrons. The Labute approximate surface area is 71.2 Å². The molecular weight excluding hydrogens is 162 g/mol. The number of hydrogen-bond acceptors (Lipinski definition) is 2. The van der Waals surface area contributed by atoms with Gasteiger partial charge < -0.3 is 21.7 Å². The number of rotatable bonds is 3. The van der Waals surface area contributed by atoms with Gasteiger partial charge in [-0.15, -0.1) is 0 Å². The fraction of sp³-hybridized carbons (Fsp3) is 0.600. The van der Waals surface area contributed by atoms with Crippen LogP contribution < -0.4 is 21.7 Å². The van der Waals surface area contributed by atoms with E-state index in [0.29, 0.717) is 18.2 Å². The molecule has 11 heavy (non-hydrogen) atoms. The standard InChI is InChI=1S/C5H13N5S/c1-8-5(11)10-3-2-9-4(6)7/h2-3H2,1H3,(H4,6,7,9)(H2,8,10,11). The maximum Gasteiger partial charge on any atom is 0.185 e. The lowest BCUT2D eigenvalue weighted by molar-refractivity contribution is 0.796. The van der Waals surface area contributed by atoms with Crippen molar-refractivity contribution in [3.63, 3.8) is 0 Å². The van der Waals surface area contributed by atoms with E-state index in [1.54, 1.807) is 7.05 Å². The summed E-state index contributed by atoms with van der Waals surface area (Å²) in [6.07, 6.45) is 0. The highest BCUT2D eigenvalue weighted by atomic mass is 32.1. The van der Waals surface area contributed by atoms with Crippen LogP contribution in [0.5, 0.6) is 0 Å². The number of guanidine groups is 1. The first-order chi connectivity index (χ1) is 5.16. The Kier molecular flexibility index (Phi) is 5.18. The number of nitrogens with two attached hydrogens (primary N) is 1. The van der Waals surface area contributed by atoms with Crippen LogP contribution in [0.2, 0.25) is 0 Å². The van der Waals surface area contributed by atoms with Gasteiger partial charge in [-0.05, 0) is 12.2 Å². The third kappa shape index (κ3) is 6.85. The first-order valence-electron chi connectivity index (χ1n) is 3.20. The Morgan fingerprint density at radius 1 is 1.45 bits per heavy atom. The van der Waals surface area contributed by atoms with Crippen molar-refractivity contribution in [2.75, 3.05) is 20.1 Å². The summed E-state index contributed by atoms with van der Waals surface area (Å²) in [5.74, 6) is -0.0258. The summed E-state index contributed by atoms with van der Waals surface area (Å²) in [7, 11) is 1.74. The normalized spacial score (nSPS) is 8.45. The smallest absolute Gasteiger partial charge is 0.185 e. The molecule has 0 aromatic heterocycles. The van der Waals surface area contributed by atoms with Crippen LogP contribution in [0, 0.1) is 5.41 Å². The molecule has 6 heteroatoms. The lowest BCUT2D eigenvalue weighted by Gasteiger charge is -2.07. The molecule has 0 fully saturated rings. The van der Waals surface area contributed by atoms with Crippen molar-refractivity contribution in [3.05, 3.63) is 0 Å². The Bertz CT molecular complexity index is 146. The number of thiocarbonyl (C=S) groups is 1. The van der Waals surface area contributed by atoms with Gasteiger partial charge >= 0.3 is 0 Å². The van der Waals surface area contributed by atoms with E-state index >= 15 is 0 Å². The topological polar surface area (TPSA) is 86.0 Å². The van der Waals surface area contributed by atoms with Gasteiger partial charge in [0.25, 0.3) is 0 Å². The average Bonchev–Trinajstić information content (AvgIpc) is 1.97. The maximum atomic E-state index is 6.82. The number of nitrogens with one attached hydrogen (secondary N) is 4. The molecule has 0 aliphatic carbocycles. The molecule has 0 aliphatic rings. The van der Waals surface area contributed by atoms with E-state index in [9.17, 15) is 0 Å². The zero-order valence-corrected chi connectivity index (χ0v) is 7.22. The van der Waals surface area contributed by atoms with Gasteiger partial charge in [0.1, 0.15) is 0 Å². The van der Waals surface area contributed by atoms with Gasteiger partial charge in [0.15, 0.2) is 11.1 Å². The van der Waals surface area contributed by atoms with Gasteiger partial charge in [-0.2, -0.15) is 0 Å². The Balaban J connectivity index is 3.14. The van der Waals surface area contributed by atoms with E-state index in [2.05, 4.69) is 16.0 Å². The predicted octanol–water partition coefficient (Wildman–Crippen LogP) is -1.44. The monoisotopic (exact) mass is 175 g/mol. The molecule has 0 heterocycles. The van der Waals surface area contributed by atoms with Gasteiger partial charge in [0, 0.05) is 20.1 Å². The molecule has 0 spiro atoms. The van der Waals surface area contributed by atoms with Crippen LogP contribution in [0.3, 0.4) is 0 Å². The van der Waals surface area contributed by atoms with Gasteiger partial charge in [-0.1, -0.05) is 0 Å². The molecule has 0 aliphatic heterocycles.